The number of thiophene rings is 2. The van der Waals surface area contributed by atoms with Crippen molar-refractivity contribution in [2.45, 2.75) is 25.9 Å². The molecule has 0 saturated carbocycles. The van der Waals surface area contributed by atoms with Gasteiger partial charge >= 0.3 is 0 Å². The lowest BCUT2D eigenvalue weighted by Gasteiger charge is -2.24. The molecule has 2 aromatic heterocycles. The third-order valence-electron chi connectivity index (χ3n) is 3.35. The molecule has 2 nitrogen and oxygen atoms in total. The van der Waals surface area contributed by atoms with Crippen LogP contribution in [0.4, 0.5) is 0 Å². The Labute approximate surface area is 124 Å². The number of nitrogens with zero attached hydrogens (tertiary/aromatic N) is 1. The second kappa shape index (κ2) is 7.80. The van der Waals surface area contributed by atoms with Crippen LogP contribution >= 0.6 is 22.7 Å². The SMILES string of the molecule is CC(Cc1cccs1)N(C)CCNCc1cccs1. The van der Waals surface area contributed by atoms with E-state index in [1.165, 1.54) is 9.75 Å². The van der Waals surface area contributed by atoms with Gasteiger partial charge in [0.15, 0.2) is 0 Å². The molecule has 0 aromatic carbocycles. The van der Waals surface area contributed by atoms with Crippen molar-refractivity contribution in [1.82, 2.24) is 10.2 Å². The first kappa shape index (κ1) is 14.7. The van der Waals surface area contributed by atoms with E-state index in [1.54, 1.807) is 0 Å². The number of hydrogen-bond acceptors (Lipinski definition) is 4. The summed E-state index contributed by atoms with van der Waals surface area (Å²) in [5.41, 5.74) is 0. The van der Waals surface area contributed by atoms with Crippen molar-refractivity contribution in [3.63, 3.8) is 0 Å². The molecular weight excluding hydrogens is 272 g/mol. The Morgan fingerprint density at radius 3 is 2.47 bits per heavy atom. The molecule has 0 bridgehead atoms. The van der Waals surface area contributed by atoms with Crippen LogP contribution in [0.2, 0.25) is 0 Å². The quantitative estimate of drug-likeness (QED) is 0.750. The normalized spacial score (nSPS) is 13.0. The van der Waals surface area contributed by atoms with Gasteiger partial charge in [-0.25, -0.2) is 0 Å². The van der Waals surface area contributed by atoms with Gasteiger partial charge in [-0.15, -0.1) is 22.7 Å². The van der Waals surface area contributed by atoms with Gasteiger partial charge in [0.2, 0.25) is 0 Å². The average molecular weight is 294 g/mol. The van der Waals surface area contributed by atoms with Gasteiger partial charge in [-0.2, -0.15) is 0 Å². The van der Waals surface area contributed by atoms with Gasteiger partial charge in [0.1, 0.15) is 0 Å². The summed E-state index contributed by atoms with van der Waals surface area (Å²) in [6.07, 6.45) is 1.15. The zero-order chi connectivity index (χ0) is 13.5. The van der Waals surface area contributed by atoms with Crippen LogP contribution in [0.25, 0.3) is 0 Å². The molecule has 4 heteroatoms. The van der Waals surface area contributed by atoms with E-state index in [1.807, 2.05) is 22.7 Å². The van der Waals surface area contributed by atoms with E-state index in [2.05, 4.69) is 59.2 Å². The number of rotatable bonds is 8. The maximum Gasteiger partial charge on any atom is 0.0300 e. The summed E-state index contributed by atoms with van der Waals surface area (Å²) in [5.74, 6) is 0. The Hall–Kier alpha value is -0.680. The number of likely N-dealkylation sites (N-methyl/N-ethyl adjacent to an activating group) is 1. The molecule has 0 spiro atoms. The van der Waals surface area contributed by atoms with Crippen LogP contribution in [-0.4, -0.2) is 31.1 Å². The van der Waals surface area contributed by atoms with Crippen LogP contribution in [0.15, 0.2) is 35.0 Å². The maximum atomic E-state index is 3.50. The summed E-state index contributed by atoms with van der Waals surface area (Å²) in [5, 5.41) is 7.79. The molecule has 0 aliphatic rings. The van der Waals surface area contributed by atoms with Crippen LogP contribution in [0, 0.1) is 0 Å². The summed E-state index contributed by atoms with van der Waals surface area (Å²) in [6.45, 7) is 5.44. The maximum absolute atomic E-state index is 3.50. The van der Waals surface area contributed by atoms with Gasteiger partial charge in [0, 0.05) is 35.4 Å². The predicted molar refractivity (Wildman–Crippen MR) is 86.1 cm³/mol. The Morgan fingerprint density at radius 2 is 1.84 bits per heavy atom. The van der Waals surface area contributed by atoms with Gasteiger partial charge in [-0.05, 0) is 43.3 Å². The topological polar surface area (TPSA) is 15.3 Å². The molecule has 1 atom stereocenters. The van der Waals surface area contributed by atoms with Gasteiger partial charge in [-0.3, -0.25) is 0 Å². The van der Waals surface area contributed by atoms with Gasteiger partial charge in [0.05, 0.1) is 0 Å². The van der Waals surface area contributed by atoms with Crippen molar-refractivity contribution in [3.8, 4) is 0 Å². The van der Waals surface area contributed by atoms with Crippen molar-refractivity contribution >= 4 is 22.7 Å². The van der Waals surface area contributed by atoms with Crippen LogP contribution in [0.3, 0.4) is 0 Å². The minimum atomic E-state index is 0.599. The van der Waals surface area contributed by atoms with Crippen LogP contribution < -0.4 is 5.32 Å². The van der Waals surface area contributed by atoms with Crippen molar-refractivity contribution in [3.05, 3.63) is 44.8 Å². The number of hydrogen-bond donors (Lipinski definition) is 1. The second-order valence-corrected chi connectivity index (χ2v) is 6.93. The molecule has 0 fully saturated rings. The minimum absolute atomic E-state index is 0.599. The summed E-state index contributed by atoms with van der Waals surface area (Å²) in [4.78, 5) is 5.32. The lowest BCUT2D eigenvalue weighted by atomic mass is 10.2. The highest BCUT2D eigenvalue weighted by Crippen LogP contribution is 2.13. The zero-order valence-electron chi connectivity index (χ0n) is 11.6. The molecule has 104 valence electrons. The highest BCUT2D eigenvalue weighted by atomic mass is 32.1. The molecule has 0 aliphatic heterocycles. The Bertz CT molecular complexity index is 437. The monoisotopic (exact) mass is 294 g/mol. The van der Waals surface area contributed by atoms with Crippen molar-refractivity contribution < 1.29 is 0 Å². The lowest BCUT2D eigenvalue weighted by Crippen LogP contribution is -2.36. The number of nitrogens with one attached hydrogen (secondary N) is 1. The molecule has 0 amide bonds. The molecule has 2 aromatic rings. The fourth-order valence-electron chi connectivity index (χ4n) is 1.98. The van der Waals surface area contributed by atoms with Crippen molar-refractivity contribution in [1.29, 1.82) is 0 Å². The Balaban J connectivity index is 1.62. The van der Waals surface area contributed by atoms with Crippen LogP contribution in [0.5, 0.6) is 0 Å². The molecule has 1 N–H and O–H groups in total. The predicted octanol–water partition coefficient (Wildman–Crippen LogP) is 3.46. The van der Waals surface area contributed by atoms with E-state index in [4.69, 9.17) is 0 Å². The minimum Gasteiger partial charge on any atom is -0.311 e. The Kier molecular flexibility index (Phi) is 6.04. The first-order chi connectivity index (χ1) is 9.25. The second-order valence-electron chi connectivity index (χ2n) is 4.87. The van der Waals surface area contributed by atoms with Crippen molar-refractivity contribution in [2.24, 2.45) is 0 Å². The highest BCUT2D eigenvalue weighted by molar-refractivity contribution is 7.10. The fourth-order valence-corrected chi connectivity index (χ4v) is 3.48. The van der Waals surface area contributed by atoms with E-state index < -0.39 is 0 Å². The zero-order valence-corrected chi connectivity index (χ0v) is 13.3. The van der Waals surface area contributed by atoms with E-state index >= 15 is 0 Å². The summed E-state index contributed by atoms with van der Waals surface area (Å²) in [7, 11) is 2.21. The van der Waals surface area contributed by atoms with E-state index in [0.29, 0.717) is 6.04 Å². The molecule has 0 radical (unpaired) electrons. The molecule has 19 heavy (non-hydrogen) atoms. The average Bonchev–Trinajstić information content (AvgIpc) is 3.07. The molecule has 0 saturated heterocycles. The van der Waals surface area contributed by atoms with Gasteiger partial charge in [0.25, 0.3) is 0 Å². The molecule has 1 unspecified atom stereocenters. The Morgan fingerprint density at radius 1 is 1.16 bits per heavy atom. The first-order valence-electron chi connectivity index (χ1n) is 6.71. The van der Waals surface area contributed by atoms with Crippen LogP contribution in [0.1, 0.15) is 16.7 Å². The summed E-state index contributed by atoms with van der Waals surface area (Å²) < 4.78 is 0. The van der Waals surface area contributed by atoms with Gasteiger partial charge < -0.3 is 10.2 Å². The fraction of sp³-hybridized carbons (Fsp3) is 0.467. The molecule has 0 aliphatic carbocycles. The lowest BCUT2D eigenvalue weighted by molar-refractivity contribution is 0.257. The smallest absolute Gasteiger partial charge is 0.0300 e. The standard InChI is InChI=1S/C15H22N2S2/c1-13(11-14-5-3-9-18-14)17(2)8-7-16-12-15-6-4-10-19-15/h3-6,9-10,13,16H,7-8,11-12H2,1-2H3. The summed E-state index contributed by atoms with van der Waals surface area (Å²) in [6, 6.07) is 9.25. The third-order valence-corrected chi connectivity index (χ3v) is 5.12. The summed E-state index contributed by atoms with van der Waals surface area (Å²) >= 11 is 3.67. The molecule has 2 rings (SSSR count). The highest BCUT2D eigenvalue weighted by Gasteiger charge is 2.09. The van der Waals surface area contributed by atoms with Crippen molar-refractivity contribution in [2.75, 3.05) is 20.1 Å². The van der Waals surface area contributed by atoms with E-state index in [0.717, 1.165) is 26.1 Å². The molecule has 2 heterocycles. The van der Waals surface area contributed by atoms with Crippen LogP contribution in [-0.2, 0) is 13.0 Å². The van der Waals surface area contributed by atoms with E-state index in [-0.39, 0.29) is 0 Å². The molecular formula is C15H22N2S2. The van der Waals surface area contributed by atoms with E-state index in [9.17, 15) is 0 Å². The van der Waals surface area contributed by atoms with Gasteiger partial charge in [-0.1, -0.05) is 12.1 Å². The first-order valence-corrected chi connectivity index (χ1v) is 8.47. The third kappa shape index (κ3) is 5.07. The largest absolute Gasteiger partial charge is 0.311 e.